The zero-order valence-electron chi connectivity index (χ0n) is 13.4. The van der Waals surface area contributed by atoms with Gasteiger partial charge in [0.1, 0.15) is 11.5 Å². The van der Waals surface area contributed by atoms with Crippen LogP contribution in [0.4, 0.5) is 0 Å². The number of carbonyl (C=O) groups excluding carboxylic acids is 1. The lowest BCUT2D eigenvalue weighted by atomic mass is 10.2. The zero-order valence-corrected chi connectivity index (χ0v) is 15.7. The average molecular weight is 395 g/mol. The van der Waals surface area contributed by atoms with E-state index in [9.17, 15) is 13.2 Å². The molecule has 0 aliphatic rings. The zero-order chi connectivity index (χ0) is 18.0. The fourth-order valence-corrected chi connectivity index (χ4v) is 4.81. The molecule has 0 atom stereocenters. The number of ether oxygens (including phenoxy) is 1. The minimum atomic E-state index is -3.50. The van der Waals surface area contributed by atoms with Crippen molar-refractivity contribution in [1.29, 1.82) is 0 Å². The van der Waals surface area contributed by atoms with Crippen molar-refractivity contribution in [3.05, 3.63) is 64.0 Å². The number of rotatable bonds is 5. The summed E-state index contributed by atoms with van der Waals surface area (Å²) in [6, 6.07) is 14.0. The van der Waals surface area contributed by atoms with Crippen molar-refractivity contribution >= 4 is 48.8 Å². The molecule has 4 nitrogen and oxygen atoms in total. The Morgan fingerprint density at radius 3 is 2.48 bits per heavy atom. The Bertz CT molecular complexity index is 1020. The highest BCUT2D eigenvalue weighted by Crippen LogP contribution is 2.35. The number of fused-ring (bicyclic) bond motifs is 1. The molecule has 2 aromatic carbocycles. The first-order chi connectivity index (χ1) is 11.9. The Hall–Kier alpha value is -1.89. The number of halogens is 1. The number of hydrogen-bond acceptors (Lipinski definition) is 5. The van der Waals surface area contributed by atoms with Gasteiger partial charge in [-0.15, -0.1) is 11.3 Å². The van der Waals surface area contributed by atoms with E-state index in [-0.39, 0.29) is 22.1 Å². The molecule has 0 bridgehead atoms. The van der Waals surface area contributed by atoms with E-state index in [1.54, 1.807) is 24.3 Å². The van der Waals surface area contributed by atoms with E-state index in [1.807, 2.05) is 31.2 Å². The molecule has 7 heteroatoms. The van der Waals surface area contributed by atoms with Crippen molar-refractivity contribution < 1.29 is 17.9 Å². The van der Waals surface area contributed by atoms with Gasteiger partial charge in [0.2, 0.25) is 0 Å². The van der Waals surface area contributed by atoms with E-state index >= 15 is 0 Å². The van der Waals surface area contributed by atoms with E-state index in [0.717, 1.165) is 15.6 Å². The van der Waals surface area contributed by atoms with E-state index in [0.29, 0.717) is 5.02 Å². The molecular formula is C18H15ClO4S2. The lowest BCUT2D eigenvalue weighted by Gasteiger charge is -2.06. The molecule has 0 saturated heterocycles. The molecular weight excluding hydrogens is 380 g/mol. The first-order valence-corrected chi connectivity index (χ1v) is 10.4. The second kappa shape index (κ2) is 7.15. The predicted molar refractivity (Wildman–Crippen MR) is 100 cm³/mol. The minimum absolute atomic E-state index is 0.217. The maximum absolute atomic E-state index is 12.3. The van der Waals surface area contributed by atoms with E-state index in [2.05, 4.69) is 0 Å². The van der Waals surface area contributed by atoms with Crippen LogP contribution in [0.5, 0.6) is 0 Å². The summed E-state index contributed by atoms with van der Waals surface area (Å²) < 4.78 is 30.5. The van der Waals surface area contributed by atoms with Gasteiger partial charge in [-0.25, -0.2) is 13.2 Å². The first-order valence-electron chi connectivity index (χ1n) is 7.52. The number of hydrogen-bond donors (Lipinski definition) is 0. The molecule has 0 aliphatic carbocycles. The summed E-state index contributed by atoms with van der Waals surface area (Å²) in [6.45, 7) is 1.66. The third-order valence-corrected chi connectivity index (χ3v) is 7.04. The van der Waals surface area contributed by atoms with Crippen LogP contribution in [0, 0.1) is 6.92 Å². The van der Waals surface area contributed by atoms with Crippen LogP contribution in [0.25, 0.3) is 10.1 Å². The molecule has 0 amide bonds. The van der Waals surface area contributed by atoms with E-state index in [1.165, 1.54) is 11.3 Å². The van der Waals surface area contributed by atoms with Gasteiger partial charge in [0.15, 0.2) is 9.84 Å². The van der Waals surface area contributed by atoms with Gasteiger partial charge < -0.3 is 4.74 Å². The van der Waals surface area contributed by atoms with Crippen LogP contribution in [-0.4, -0.2) is 26.7 Å². The predicted octanol–water partition coefficient (Wildman–Crippen LogP) is 4.49. The van der Waals surface area contributed by atoms with Crippen LogP contribution in [0.1, 0.15) is 15.2 Å². The maximum Gasteiger partial charge on any atom is 0.349 e. The van der Waals surface area contributed by atoms with Gasteiger partial charge in [-0.2, -0.15) is 0 Å². The van der Waals surface area contributed by atoms with Crippen LogP contribution in [0.15, 0.2) is 53.4 Å². The molecule has 0 unspecified atom stereocenters. The fraction of sp³-hybridized carbons (Fsp3) is 0.167. The standard InChI is InChI=1S/C18H15ClO4S2/c1-12-6-8-13(9-7-12)25(21,22)11-10-23-18(20)17-16(19)14-4-2-3-5-15(14)24-17/h2-9H,10-11H2,1H3. The van der Waals surface area contributed by atoms with Crippen LogP contribution < -0.4 is 0 Å². The SMILES string of the molecule is Cc1ccc(S(=O)(=O)CCOC(=O)c2sc3ccccc3c2Cl)cc1. The normalized spacial score (nSPS) is 11.6. The third-order valence-electron chi connectivity index (χ3n) is 3.69. The summed E-state index contributed by atoms with van der Waals surface area (Å²) in [5, 5.41) is 1.13. The summed E-state index contributed by atoms with van der Waals surface area (Å²) in [7, 11) is -3.50. The lowest BCUT2D eigenvalue weighted by molar-refractivity contribution is 0.0535. The molecule has 3 aromatic rings. The fourth-order valence-electron chi connectivity index (χ4n) is 2.32. The van der Waals surface area contributed by atoms with E-state index < -0.39 is 15.8 Å². The summed E-state index contributed by atoms with van der Waals surface area (Å²) in [5.41, 5.74) is 0.977. The summed E-state index contributed by atoms with van der Waals surface area (Å²) in [5.74, 6) is -0.880. The minimum Gasteiger partial charge on any atom is -0.460 e. The van der Waals surface area contributed by atoms with Gasteiger partial charge >= 0.3 is 5.97 Å². The molecule has 0 saturated carbocycles. The number of thiophene rings is 1. The molecule has 1 aromatic heterocycles. The van der Waals surface area contributed by atoms with E-state index in [4.69, 9.17) is 16.3 Å². The number of carbonyl (C=O) groups is 1. The quantitative estimate of drug-likeness (QED) is 0.598. The molecule has 0 aliphatic heterocycles. The maximum atomic E-state index is 12.3. The first kappa shape index (κ1) is 17.9. The Morgan fingerprint density at radius 1 is 1.12 bits per heavy atom. The number of benzene rings is 2. The highest BCUT2D eigenvalue weighted by atomic mass is 35.5. The van der Waals surface area contributed by atoms with Gasteiger partial charge in [0.05, 0.1) is 15.7 Å². The highest BCUT2D eigenvalue weighted by Gasteiger charge is 2.20. The third kappa shape index (κ3) is 3.86. The van der Waals surface area contributed by atoms with Gasteiger partial charge in [-0.1, -0.05) is 47.5 Å². The van der Waals surface area contributed by atoms with Gasteiger partial charge in [-0.05, 0) is 25.1 Å². The Labute approximate surface area is 154 Å². The van der Waals surface area contributed by atoms with Gasteiger partial charge in [0, 0.05) is 10.1 Å². The Kier molecular flexibility index (Phi) is 5.13. The van der Waals surface area contributed by atoms with Gasteiger partial charge in [-0.3, -0.25) is 0 Å². The lowest BCUT2D eigenvalue weighted by Crippen LogP contribution is -2.15. The van der Waals surface area contributed by atoms with Crippen molar-refractivity contribution in [2.45, 2.75) is 11.8 Å². The summed E-state index contributed by atoms with van der Waals surface area (Å²) in [4.78, 5) is 12.7. The second-order valence-corrected chi connectivity index (χ2v) is 9.05. The summed E-state index contributed by atoms with van der Waals surface area (Å²) in [6.07, 6.45) is 0. The monoisotopic (exact) mass is 394 g/mol. The van der Waals surface area contributed by atoms with Crippen molar-refractivity contribution in [1.82, 2.24) is 0 Å². The molecule has 130 valence electrons. The largest absolute Gasteiger partial charge is 0.460 e. The van der Waals surface area contributed by atoms with Gasteiger partial charge in [0.25, 0.3) is 0 Å². The number of aryl methyl sites for hydroxylation is 1. The van der Waals surface area contributed by atoms with Crippen molar-refractivity contribution in [2.24, 2.45) is 0 Å². The number of sulfone groups is 1. The second-order valence-electron chi connectivity index (χ2n) is 5.51. The number of esters is 1. The molecule has 0 N–H and O–H groups in total. The van der Waals surface area contributed by atoms with Crippen molar-refractivity contribution in [3.63, 3.8) is 0 Å². The average Bonchev–Trinajstić information content (AvgIpc) is 2.92. The van der Waals surface area contributed by atoms with Crippen molar-refractivity contribution in [2.75, 3.05) is 12.4 Å². The van der Waals surface area contributed by atoms with Crippen LogP contribution >= 0.6 is 22.9 Å². The van der Waals surface area contributed by atoms with Crippen LogP contribution in [0.3, 0.4) is 0 Å². The topological polar surface area (TPSA) is 60.4 Å². The molecule has 1 heterocycles. The van der Waals surface area contributed by atoms with Crippen molar-refractivity contribution in [3.8, 4) is 0 Å². The molecule has 25 heavy (non-hydrogen) atoms. The van der Waals surface area contributed by atoms with Crippen LogP contribution in [0.2, 0.25) is 5.02 Å². The smallest absolute Gasteiger partial charge is 0.349 e. The molecule has 3 rings (SSSR count). The molecule has 0 spiro atoms. The van der Waals surface area contributed by atoms with Crippen LogP contribution in [-0.2, 0) is 14.6 Å². The summed E-state index contributed by atoms with van der Waals surface area (Å²) >= 11 is 7.45. The molecule has 0 fully saturated rings. The molecule has 0 radical (unpaired) electrons. The Morgan fingerprint density at radius 2 is 1.80 bits per heavy atom. The highest BCUT2D eigenvalue weighted by molar-refractivity contribution is 7.91. The Balaban J connectivity index is 1.67.